The molecular formula is C19H14ClN3OS. The molecule has 0 aliphatic carbocycles. The van der Waals surface area contributed by atoms with Crippen LogP contribution in [0.1, 0.15) is 27.7 Å². The molecule has 4 aromatic rings. The lowest BCUT2D eigenvalue weighted by Gasteiger charge is -2.18. The van der Waals surface area contributed by atoms with Crippen LogP contribution >= 0.6 is 22.9 Å². The second-order valence-electron chi connectivity index (χ2n) is 5.63. The van der Waals surface area contributed by atoms with E-state index in [0.717, 1.165) is 22.0 Å². The van der Waals surface area contributed by atoms with E-state index < -0.39 is 0 Å². The zero-order valence-corrected chi connectivity index (χ0v) is 14.6. The van der Waals surface area contributed by atoms with Crippen molar-refractivity contribution in [1.82, 2.24) is 15.5 Å². The Bertz CT molecular complexity index is 1010. The van der Waals surface area contributed by atoms with Gasteiger partial charge in [0.15, 0.2) is 5.69 Å². The minimum atomic E-state index is -0.258. The summed E-state index contributed by atoms with van der Waals surface area (Å²) in [6.07, 6.45) is 0. The summed E-state index contributed by atoms with van der Waals surface area (Å²) >= 11 is 7.59. The van der Waals surface area contributed by atoms with Crippen LogP contribution in [0.2, 0.25) is 5.02 Å². The predicted molar refractivity (Wildman–Crippen MR) is 101 cm³/mol. The molecule has 4 rings (SSSR count). The first kappa shape index (κ1) is 15.9. The molecule has 0 radical (unpaired) electrons. The average molecular weight is 368 g/mol. The summed E-state index contributed by atoms with van der Waals surface area (Å²) in [7, 11) is 0. The Morgan fingerprint density at radius 3 is 2.64 bits per heavy atom. The fraction of sp³-hybridized carbons (Fsp3) is 0.0526. The van der Waals surface area contributed by atoms with Gasteiger partial charge in [-0.15, -0.1) is 0 Å². The summed E-state index contributed by atoms with van der Waals surface area (Å²) < 4.78 is 0. The number of nitrogens with zero attached hydrogens (tertiary/aromatic N) is 1. The van der Waals surface area contributed by atoms with Crippen LogP contribution in [-0.4, -0.2) is 16.1 Å². The number of nitrogens with one attached hydrogen (secondary N) is 2. The first-order valence-corrected chi connectivity index (χ1v) is 9.06. The van der Waals surface area contributed by atoms with Gasteiger partial charge in [-0.05, 0) is 46.2 Å². The van der Waals surface area contributed by atoms with Crippen molar-refractivity contribution in [2.45, 2.75) is 6.04 Å². The molecule has 0 saturated carbocycles. The lowest BCUT2D eigenvalue weighted by molar-refractivity contribution is 0.0939. The van der Waals surface area contributed by atoms with E-state index in [4.69, 9.17) is 11.6 Å². The van der Waals surface area contributed by atoms with Crippen molar-refractivity contribution in [3.63, 3.8) is 0 Å². The third-order valence-electron chi connectivity index (χ3n) is 4.04. The molecule has 1 unspecified atom stereocenters. The summed E-state index contributed by atoms with van der Waals surface area (Å²) in [5.74, 6) is -0.219. The maximum absolute atomic E-state index is 12.8. The van der Waals surface area contributed by atoms with Crippen LogP contribution in [0, 0.1) is 0 Å². The smallest absolute Gasteiger partial charge is 0.273 e. The number of fused-ring (bicyclic) bond motifs is 1. The van der Waals surface area contributed by atoms with Crippen molar-refractivity contribution >= 4 is 39.7 Å². The van der Waals surface area contributed by atoms with Gasteiger partial charge in [-0.3, -0.25) is 9.89 Å². The molecule has 0 aliphatic rings. The SMILES string of the molecule is O=C(NC(c1ccc(Cl)cc1)c1ccsc1)c1n[nH]c2ccccc12. The number of halogens is 1. The topological polar surface area (TPSA) is 57.8 Å². The molecule has 0 bridgehead atoms. The number of benzene rings is 2. The monoisotopic (exact) mass is 367 g/mol. The van der Waals surface area contributed by atoms with E-state index in [2.05, 4.69) is 15.5 Å². The van der Waals surface area contributed by atoms with Gasteiger partial charge in [0.05, 0.1) is 11.6 Å². The minimum absolute atomic E-state index is 0.219. The van der Waals surface area contributed by atoms with Crippen LogP contribution in [-0.2, 0) is 0 Å². The summed E-state index contributed by atoms with van der Waals surface area (Å²) in [4.78, 5) is 12.8. The molecule has 1 amide bonds. The van der Waals surface area contributed by atoms with Crippen LogP contribution in [0.15, 0.2) is 65.4 Å². The van der Waals surface area contributed by atoms with Crippen LogP contribution in [0.25, 0.3) is 10.9 Å². The molecule has 6 heteroatoms. The molecule has 25 heavy (non-hydrogen) atoms. The lowest BCUT2D eigenvalue weighted by Crippen LogP contribution is -2.29. The number of H-pyrrole nitrogens is 1. The van der Waals surface area contributed by atoms with Crippen molar-refractivity contribution in [2.75, 3.05) is 0 Å². The lowest BCUT2D eigenvalue weighted by atomic mass is 10.0. The highest BCUT2D eigenvalue weighted by molar-refractivity contribution is 7.08. The molecule has 0 saturated heterocycles. The molecule has 0 aliphatic heterocycles. The molecule has 2 aromatic heterocycles. The summed E-state index contributed by atoms with van der Waals surface area (Å²) in [5, 5.41) is 15.7. The van der Waals surface area contributed by atoms with E-state index in [1.807, 2.05) is 65.4 Å². The molecule has 1 atom stereocenters. The Morgan fingerprint density at radius 1 is 1.08 bits per heavy atom. The van der Waals surface area contributed by atoms with Gasteiger partial charge in [-0.2, -0.15) is 16.4 Å². The predicted octanol–water partition coefficient (Wildman–Crippen LogP) is 4.80. The van der Waals surface area contributed by atoms with Crippen molar-refractivity contribution < 1.29 is 4.79 Å². The molecule has 2 aromatic carbocycles. The number of hydrogen-bond acceptors (Lipinski definition) is 3. The standard InChI is InChI=1S/C19H14ClN3OS/c20-14-7-5-12(6-8-14)17(13-9-10-25-11-13)21-19(24)18-15-3-1-2-4-16(15)22-23-18/h1-11,17H,(H,21,24)(H,22,23). The third kappa shape index (κ3) is 3.16. The van der Waals surface area contributed by atoms with Crippen LogP contribution in [0.3, 0.4) is 0 Å². The maximum atomic E-state index is 12.8. The largest absolute Gasteiger partial charge is 0.340 e. The number of amides is 1. The summed E-state index contributed by atoms with van der Waals surface area (Å²) in [5.41, 5.74) is 3.23. The van der Waals surface area contributed by atoms with Gasteiger partial charge in [-0.1, -0.05) is 41.9 Å². The van der Waals surface area contributed by atoms with Crippen molar-refractivity contribution in [3.8, 4) is 0 Å². The van der Waals surface area contributed by atoms with E-state index in [0.29, 0.717) is 10.7 Å². The number of carbonyl (C=O) groups is 1. The van der Waals surface area contributed by atoms with Gasteiger partial charge >= 0.3 is 0 Å². The fourth-order valence-corrected chi connectivity index (χ4v) is 3.60. The Kier molecular flexibility index (Phi) is 4.26. The Morgan fingerprint density at radius 2 is 1.88 bits per heavy atom. The Labute approximate surface area is 153 Å². The summed E-state index contributed by atoms with van der Waals surface area (Å²) in [6, 6.07) is 16.8. The molecular weight excluding hydrogens is 354 g/mol. The third-order valence-corrected chi connectivity index (χ3v) is 4.99. The van der Waals surface area contributed by atoms with Crippen molar-refractivity contribution in [2.24, 2.45) is 0 Å². The zero-order valence-electron chi connectivity index (χ0n) is 13.1. The number of para-hydroxylation sites is 1. The Balaban J connectivity index is 1.69. The number of thiophene rings is 1. The highest BCUT2D eigenvalue weighted by atomic mass is 35.5. The van der Waals surface area contributed by atoms with E-state index in [1.165, 1.54) is 0 Å². The first-order chi connectivity index (χ1) is 12.2. The zero-order chi connectivity index (χ0) is 17.2. The molecule has 0 spiro atoms. The number of carbonyl (C=O) groups excluding carboxylic acids is 1. The first-order valence-electron chi connectivity index (χ1n) is 7.74. The Hall–Kier alpha value is -2.63. The van der Waals surface area contributed by atoms with Gasteiger partial charge in [-0.25, -0.2) is 0 Å². The highest BCUT2D eigenvalue weighted by Gasteiger charge is 2.21. The molecule has 4 nitrogen and oxygen atoms in total. The van der Waals surface area contributed by atoms with Crippen molar-refractivity contribution in [1.29, 1.82) is 0 Å². The quantitative estimate of drug-likeness (QED) is 0.544. The highest BCUT2D eigenvalue weighted by Crippen LogP contribution is 2.26. The van der Waals surface area contributed by atoms with Crippen LogP contribution < -0.4 is 5.32 Å². The minimum Gasteiger partial charge on any atom is -0.340 e. The maximum Gasteiger partial charge on any atom is 0.273 e. The van der Waals surface area contributed by atoms with Gasteiger partial charge in [0.25, 0.3) is 5.91 Å². The van der Waals surface area contributed by atoms with Gasteiger partial charge in [0.1, 0.15) is 0 Å². The fourth-order valence-electron chi connectivity index (χ4n) is 2.79. The second-order valence-corrected chi connectivity index (χ2v) is 6.85. The normalized spacial score (nSPS) is 12.2. The van der Waals surface area contributed by atoms with Crippen LogP contribution in [0.5, 0.6) is 0 Å². The van der Waals surface area contributed by atoms with Gasteiger partial charge in [0.2, 0.25) is 0 Å². The van der Waals surface area contributed by atoms with E-state index in [9.17, 15) is 4.79 Å². The molecule has 2 N–H and O–H groups in total. The van der Waals surface area contributed by atoms with Gasteiger partial charge in [0, 0.05) is 10.4 Å². The number of rotatable bonds is 4. The van der Waals surface area contributed by atoms with Crippen molar-refractivity contribution in [3.05, 3.63) is 87.2 Å². The average Bonchev–Trinajstić information content (AvgIpc) is 3.30. The molecule has 0 fully saturated rings. The van der Waals surface area contributed by atoms with E-state index >= 15 is 0 Å². The van der Waals surface area contributed by atoms with E-state index in [1.54, 1.807) is 11.3 Å². The van der Waals surface area contributed by atoms with E-state index in [-0.39, 0.29) is 11.9 Å². The number of aromatic amines is 1. The molecule has 124 valence electrons. The summed E-state index contributed by atoms with van der Waals surface area (Å²) in [6.45, 7) is 0. The second kappa shape index (κ2) is 6.70. The van der Waals surface area contributed by atoms with Crippen LogP contribution in [0.4, 0.5) is 0 Å². The number of aromatic nitrogens is 2. The van der Waals surface area contributed by atoms with Gasteiger partial charge < -0.3 is 5.32 Å². The molecule has 2 heterocycles. The number of hydrogen-bond donors (Lipinski definition) is 2.